The number of nitrogen functional groups attached to an aromatic ring is 1. The minimum Gasteiger partial charge on any atom is -0.492 e. The van der Waals surface area contributed by atoms with Crippen molar-refractivity contribution in [2.75, 3.05) is 25.9 Å². The monoisotopic (exact) mass is 536 g/mol. The van der Waals surface area contributed by atoms with E-state index < -0.39 is 0 Å². The lowest BCUT2D eigenvalue weighted by Gasteiger charge is -2.19. The summed E-state index contributed by atoms with van der Waals surface area (Å²) in [6, 6.07) is 29.6. The Morgan fingerprint density at radius 3 is 2.26 bits per heavy atom. The number of hydrogen-bond donors (Lipinski definition) is 2. The van der Waals surface area contributed by atoms with Gasteiger partial charge in [-0.2, -0.15) is 0 Å². The normalized spacial score (nSPS) is 12.1. The van der Waals surface area contributed by atoms with Crippen molar-refractivity contribution < 1.29 is 4.74 Å². The van der Waals surface area contributed by atoms with Gasteiger partial charge in [0.25, 0.3) is 0 Å². The zero-order valence-corrected chi connectivity index (χ0v) is 23.0. The van der Waals surface area contributed by atoms with Crippen LogP contribution in [-0.4, -0.2) is 44.6 Å². The lowest BCUT2D eigenvalue weighted by molar-refractivity contribution is 0.208. The lowest BCUT2D eigenvalue weighted by Crippen LogP contribution is -2.26. The lowest BCUT2D eigenvalue weighted by atomic mass is 9.88. The number of nitrogens with two attached hydrogens (primary N) is 1. The van der Waals surface area contributed by atoms with Crippen molar-refractivity contribution >= 4 is 40.5 Å². The molecule has 0 aliphatic heterocycles. The van der Waals surface area contributed by atoms with Crippen LogP contribution in [0, 0.1) is 4.64 Å². The van der Waals surface area contributed by atoms with Gasteiger partial charge in [-0.15, -0.1) is 0 Å². The molecule has 0 unspecified atom stereocenters. The number of nitrogens with zero attached hydrogens (tertiary/aromatic N) is 4. The fourth-order valence-electron chi connectivity index (χ4n) is 4.74. The Kier molecular flexibility index (Phi) is 8.15. The fourth-order valence-corrected chi connectivity index (χ4v) is 4.99. The highest BCUT2D eigenvalue weighted by Crippen LogP contribution is 2.34. The van der Waals surface area contributed by atoms with E-state index in [4.69, 9.17) is 22.7 Å². The van der Waals surface area contributed by atoms with Gasteiger partial charge >= 0.3 is 0 Å². The molecule has 0 amide bonds. The molecule has 3 aromatic carbocycles. The van der Waals surface area contributed by atoms with Gasteiger partial charge in [0.2, 0.25) is 0 Å². The maximum Gasteiger partial charge on any atom is 0.200 e. The van der Waals surface area contributed by atoms with Crippen molar-refractivity contribution in [2.24, 2.45) is 0 Å². The van der Waals surface area contributed by atoms with Crippen LogP contribution < -0.4 is 10.5 Å². The molecule has 0 saturated carbocycles. The van der Waals surface area contributed by atoms with Crippen LogP contribution in [0.5, 0.6) is 5.75 Å². The molecule has 5 aromatic rings. The van der Waals surface area contributed by atoms with Crippen molar-refractivity contribution in [1.29, 1.82) is 0 Å². The first-order valence-corrected chi connectivity index (χ1v) is 13.4. The summed E-state index contributed by atoms with van der Waals surface area (Å²) in [5.74, 6) is 1.12. The van der Waals surface area contributed by atoms with Crippen molar-refractivity contribution in [3.8, 4) is 5.75 Å². The Balaban J connectivity index is 1.28. The summed E-state index contributed by atoms with van der Waals surface area (Å²) in [5, 5.41) is 0. The van der Waals surface area contributed by atoms with E-state index in [9.17, 15) is 0 Å². The second-order valence-corrected chi connectivity index (χ2v) is 9.76. The van der Waals surface area contributed by atoms with E-state index in [0.717, 1.165) is 24.4 Å². The number of anilines is 1. The van der Waals surface area contributed by atoms with Crippen molar-refractivity contribution in [1.82, 2.24) is 24.4 Å². The highest BCUT2D eigenvalue weighted by molar-refractivity contribution is 7.71. The zero-order valence-electron chi connectivity index (χ0n) is 22.2. The minimum atomic E-state index is 0.281. The Morgan fingerprint density at radius 2 is 1.59 bits per heavy atom. The van der Waals surface area contributed by atoms with Gasteiger partial charge in [0.1, 0.15) is 23.5 Å². The van der Waals surface area contributed by atoms with Gasteiger partial charge in [-0.3, -0.25) is 4.90 Å². The molecule has 2 heterocycles. The van der Waals surface area contributed by atoms with Gasteiger partial charge in [-0.1, -0.05) is 91.9 Å². The summed E-state index contributed by atoms with van der Waals surface area (Å²) in [6.07, 6.45) is 2.67. The highest BCUT2D eigenvalue weighted by atomic mass is 32.1. The molecule has 0 saturated heterocycles. The van der Waals surface area contributed by atoms with E-state index in [1.165, 1.54) is 27.8 Å². The molecule has 0 bridgehead atoms. The average molecular weight is 537 g/mol. The van der Waals surface area contributed by atoms with Crippen LogP contribution in [0.3, 0.4) is 0 Å². The number of imidazole rings is 1. The molecule has 3 N–H and O–H groups in total. The molecule has 2 aromatic heterocycles. The molecule has 0 aliphatic carbocycles. The number of hydrogen-bond acceptors (Lipinski definition) is 6. The second kappa shape index (κ2) is 12.1. The molecule has 5 rings (SSSR count). The third-order valence-corrected chi connectivity index (χ3v) is 6.91. The molecule has 0 spiro atoms. The van der Waals surface area contributed by atoms with E-state index in [2.05, 4.69) is 112 Å². The molecule has 198 valence electrons. The van der Waals surface area contributed by atoms with Gasteiger partial charge in [-0.05, 0) is 53.4 Å². The third kappa shape index (κ3) is 6.08. The van der Waals surface area contributed by atoms with E-state index in [1.54, 1.807) is 6.33 Å². The molecular formula is C31H32N6OS. The average Bonchev–Trinajstić information content (AvgIpc) is 3.35. The van der Waals surface area contributed by atoms with Crippen LogP contribution in [0.4, 0.5) is 5.95 Å². The Morgan fingerprint density at radius 1 is 0.949 bits per heavy atom. The van der Waals surface area contributed by atoms with Gasteiger partial charge in [0.05, 0.1) is 13.0 Å². The van der Waals surface area contributed by atoms with Gasteiger partial charge in [0, 0.05) is 6.54 Å². The van der Waals surface area contributed by atoms with Crippen LogP contribution in [-0.2, 0) is 6.67 Å². The quantitative estimate of drug-likeness (QED) is 0.159. The summed E-state index contributed by atoms with van der Waals surface area (Å²) in [4.78, 5) is 13.6. The fraction of sp³-hybridized carbons (Fsp3) is 0.194. The highest BCUT2D eigenvalue weighted by Gasteiger charge is 2.13. The van der Waals surface area contributed by atoms with Crippen molar-refractivity contribution in [3.05, 3.63) is 113 Å². The van der Waals surface area contributed by atoms with Crippen molar-refractivity contribution in [3.63, 3.8) is 0 Å². The predicted octanol–water partition coefficient (Wildman–Crippen LogP) is 6.41. The standard InChI is InChI=1S/C31H32N6OS/c1-3-26(22-10-6-4-7-11-22)27(23-12-8-5-9-13-23)24-14-16-25(17-15-24)38-19-18-36(2)21-37-20-33-28-29(37)34-31(32)35-30(28)39/h4-17,20H,3,18-19,21H2,1-2H3,(H3,32,34,35,39)/b27-26-. The van der Waals surface area contributed by atoms with Crippen molar-refractivity contribution in [2.45, 2.75) is 20.0 Å². The molecule has 0 atom stereocenters. The smallest absolute Gasteiger partial charge is 0.200 e. The number of nitrogens with one attached hydrogen (secondary N) is 1. The molecular weight excluding hydrogens is 504 g/mol. The van der Waals surface area contributed by atoms with Crippen LogP contribution >= 0.6 is 12.2 Å². The number of rotatable bonds is 10. The Bertz CT molecular complexity index is 1630. The molecule has 0 aliphatic rings. The predicted molar refractivity (Wildman–Crippen MR) is 161 cm³/mol. The number of benzene rings is 3. The molecule has 39 heavy (non-hydrogen) atoms. The number of ether oxygens (including phenoxy) is 1. The Hall–Kier alpha value is -4.27. The SMILES string of the molecule is CC/C(=C(\c1ccccc1)c1ccc(OCCN(C)Cn2cnc3c(=S)nc(N)[nH]c32)cc1)c1ccccc1. The number of fused-ring (bicyclic) bond motifs is 1. The largest absolute Gasteiger partial charge is 0.492 e. The summed E-state index contributed by atoms with van der Waals surface area (Å²) < 4.78 is 8.46. The van der Waals surface area contributed by atoms with E-state index in [-0.39, 0.29) is 5.95 Å². The van der Waals surface area contributed by atoms with Crippen LogP contribution in [0.15, 0.2) is 91.3 Å². The van der Waals surface area contributed by atoms with Gasteiger partial charge in [-0.25, -0.2) is 9.97 Å². The first-order valence-electron chi connectivity index (χ1n) is 13.0. The van der Waals surface area contributed by atoms with E-state index >= 15 is 0 Å². The minimum absolute atomic E-state index is 0.281. The summed E-state index contributed by atoms with van der Waals surface area (Å²) >= 11 is 5.27. The van der Waals surface area contributed by atoms with Crippen LogP contribution in [0.1, 0.15) is 30.0 Å². The van der Waals surface area contributed by atoms with Gasteiger partial charge in [0.15, 0.2) is 10.6 Å². The summed E-state index contributed by atoms with van der Waals surface area (Å²) in [6.45, 7) is 4.10. The Labute approximate surface area is 233 Å². The number of aromatic nitrogens is 4. The summed E-state index contributed by atoms with van der Waals surface area (Å²) in [7, 11) is 2.03. The second-order valence-electron chi connectivity index (χ2n) is 9.37. The molecule has 8 heteroatoms. The number of allylic oxidation sites excluding steroid dienone is 1. The first-order chi connectivity index (χ1) is 19.0. The molecule has 0 fully saturated rings. The maximum absolute atomic E-state index is 6.10. The zero-order chi connectivity index (χ0) is 27.2. The summed E-state index contributed by atoms with van der Waals surface area (Å²) in [5.41, 5.74) is 13.4. The van der Waals surface area contributed by atoms with Crippen LogP contribution in [0.2, 0.25) is 0 Å². The first kappa shape index (κ1) is 26.3. The number of H-pyrrole nitrogens is 1. The van der Waals surface area contributed by atoms with Crippen LogP contribution in [0.25, 0.3) is 22.3 Å². The molecule has 7 nitrogen and oxygen atoms in total. The third-order valence-electron chi connectivity index (χ3n) is 6.63. The van der Waals surface area contributed by atoms with Gasteiger partial charge < -0.3 is 20.0 Å². The maximum atomic E-state index is 6.10. The number of likely N-dealkylation sites (N-methyl/N-ethyl adjacent to an activating group) is 1. The topological polar surface area (TPSA) is 85.0 Å². The van der Waals surface area contributed by atoms with E-state index in [1.807, 2.05) is 11.6 Å². The van der Waals surface area contributed by atoms with E-state index in [0.29, 0.717) is 23.4 Å². The molecule has 0 radical (unpaired) electrons. The number of aromatic amines is 1.